The van der Waals surface area contributed by atoms with Crippen molar-refractivity contribution in [3.63, 3.8) is 0 Å². The Morgan fingerprint density at radius 1 is 1.32 bits per heavy atom. The Labute approximate surface area is 200 Å². The van der Waals surface area contributed by atoms with Crippen molar-refractivity contribution in [2.24, 2.45) is 5.92 Å². The SMILES string of the molecule is CC=CC=CC(=O)N1CCc2ccc(OCCc3coc(C=CCC(C)C)n3)cc2C1C(=O)O. The number of carboxylic acid groups (broad SMARTS) is 1. The highest BCUT2D eigenvalue weighted by Gasteiger charge is 2.35. The van der Waals surface area contributed by atoms with Gasteiger partial charge in [0.25, 0.3) is 0 Å². The number of allylic oxidation sites excluding steroid dienone is 4. The molecule has 34 heavy (non-hydrogen) atoms. The molecule has 1 atom stereocenters. The second-order valence-corrected chi connectivity index (χ2v) is 8.58. The van der Waals surface area contributed by atoms with E-state index < -0.39 is 12.0 Å². The summed E-state index contributed by atoms with van der Waals surface area (Å²) >= 11 is 0. The third-order valence-electron chi connectivity index (χ3n) is 5.47. The number of hydrogen-bond acceptors (Lipinski definition) is 5. The molecule has 0 spiro atoms. The van der Waals surface area contributed by atoms with Crippen LogP contribution in [0, 0.1) is 5.92 Å². The van der Waals surface area contributed by atoms with Gasteiger partial charge in [-0.2, -0.15) is 0 Å². The Bertz CT molecular complexity index is 1080. The van der Waals surface area contributed by atoms with Crippen LogP contribution in [0.4, 0.5) is 0 Å². The first-order valence-corrected chi connectivity index (χ1v) is 11.6. The lowest BCUT2D eigenvalue weighted by molar-refractivity contribution is -0.149. The molecule has 3 rings (SSSR count). The molecule has 0 saturated heterocycles. The fraction of sp³-hybridized carbons (Fsp3) is 0.370. The first-order chi connectivity index (χ1) is 16.4. The summed E-state index contributed by atoms with van der Waals surface area (Å²) in [4.78, 5) is 30.5. The number of benzene rings is 1. The second-order valence-electron chi connectivity index (χ2n) is 8.58. The van der Waals surface area contributed by atoms with Crippen LogP contribution >= 0.6 is 0 Å². The number of oxazole rings is 1. The van der Waals surface area contributed by atoms with Crippen molar-refractivity contribution >= 4 is 18.0 Å². The highest BCUT2D eigenvalue weighted by molar-refractivity contribution is 5.92. The summed E-state index contributed by atoms with van der Waals surface area (Å²) in [6.07, 6.45) is 14.2. The molecule has 0 bridgehead atoms. The molecule has 1 unspecified atom stereocenters. The van der Waals surface area contributed by atoms with Crippen LogP contribution < -0.4 is 4.74 Å². The van der Waals surface area contributed by atoms with Gasteiger partial charge in [-0.1, -0.05) is 44.2 Å². The topological polar surface area (TPSA) is 92.9 Å². The maximum Gasteiger partial charge on any atom is 0.331 e. The van der Waals surface area contributed by atoms with Gasteiger partial charge in [0.05, 0.1) is 12.3 Å². The zero-order valence-electron chi connectivity index (χ0n) is 19.9. The Morgan fingerprint density at radius 2 is 2.15 bits per heavy atom. The molecule has 0 radical (unpaired) electrons. The van der Waals surface area contributed by atoms with Crippen molar-refractivity contribution < 1.29 is 23.8 Å². The summed E-state index contributed by atoms with van der Waals surface area (Å²) < 4.78 is 11.3. The lowest BCUT2D eigenvalue weighted by atomic mass is 9.92. The van der Waals surface area contributed by atoms with Gasteiger partial charge in [-0.3, -0.25) is 4.79 Å². The Morgan fingerprint density at radius 3 is 2.88 bits per heavy atom. The molecule has 1 aromatic carbocycles. The fourth-order valence-corrected chi connectivity index (χ4v) is 3.76. The molecule has 0 fully saturated rings. The minimum atomic E-state index is -1.06. The van der Waals surface area contributed by atoms with Crippen molar-refractivity contribution in [1.82, 2.24) is 9.88 Å². The monoisotopic (exact) mass is 464 g/mol. The van der Waals surface area contributed by atoms with Crippen LogP contribution in [0.3, 0.4) is 0 Å². The zero-order chi connectivity index (χ0) is 24.5. The predicted octanol–water partition coefficient (Wildman–Crippen LogP) is 5.00. The average Bonchev–Trinajstić information content (AvgIpc) is 3.25. The van der Waals surface area contributed by atoms with E-state index in [1.807, 2.05) is 31.2 Å². The van der Waals surface area contributed by atoms with E-state index in [0.29, 0.717) is 49.1 Å². The smallest absolute Gasteiger partial charge is 0.331 e. The van der Waals surface area contributed by atoms with E-state index in [1.165, 1.54) is 11.0 Å². The van der Waals surface area contributed by atoms with Gasteiger partial charge in [0, 0.05) is 19.0 Å². The number of amides is 1. The molecule has 1 aliphatic heterocycles. The van der Waals surface area contributed by atoms with E-state index in [1.54, 1.807) is 30.6 Å². The van der Waals surface area contributed by atoms with Crippen LogP contribution in [-0.2, 0) is 22.4 Å². The third-order valence-corrected chi connectivity index (χ3v) is 5.47. The molecule has 1 amide bonds. The normalized spacial score (nSPS) is 16.1. The van der Waals surface area contributed by atoms with Gasteiger partial charge in [-0.15, -0.1) is 0 Å². The molecule has 1 aromatic heterocycles. The van der Waals surface area contributed by atoms with E-state index in [4.69, 9.17) is 9.15 Å². The first-order valence-electron chi connectivity index (χ1n) is 11.6. The number of carboxylic acids is 1. The van der Waals surface area contributed by atoms with E-state index in [9.17, 15) is 14.7 Å². The van der Waals surface area contributed by atoms with Crippen LogP contribution in [-0.4, -0.2) is 40.0 Å². The lowest BCUT2D eigenvalue weighted by Crippen LogP contribution is -2.42. The van der Waals surface area contributed by atoms with Gasteiger partial charge >= 0.3 is 5.97 Å². The molecular weight excluding hydrogens is 432 g/mol. The van der Waals surface area contributed by atoms with Crippen molar-refractivity contribution in [2.45, 2.75) is 46.1 Å². The second kappa shape index (κ2) is 12.0. The Hall–Kier alpha value is -3.61. The van der Waals surface area contributed by atoms with Crippen LogP contribution in [0.2, 0.25) is 0 Å². The maximum absolute atomic E-state index is 12.6. The number of rotatable bonds is 10. The predicted molar refractivity (Wildman–Crippen MR) is 130 cm³/mol. The summed E-state index contributed by atoms with van der Waals surface area (Å²) in [6.45, 7) is 6.87. The van der Waals surface area contributed by atoms with Crippen LogP contribution in [0.15, 0.2) is 59.3 Å². The first kappa shape index (κ1) is 25.0. The van der Waals surface area contributed by atoms with Gasteiger partial charge in [0.15, 0.2) is 6.04 Å². The van der Waals surface area contributed by atoms with Gasteiger partial charge in [0.2, 0.25) is 11.8 Å². The van der Waals surface area contributed by atoms with Crippen molar-refractivity contribution in [1.29, 1.82) is 0 Å². The number of ether oxygens (including phenoxy) is 1. The maximum atomic E-state index is 12.6. The lowest BCUT2D eigenvalue weighted by Gasteiger charge is -2.34. The van der Waals surface area contributed by atoms with Crippen LogP contribution in [0.25, 0.3) is 6.08 Å². The molecule has 2 aromatic rings. The summed E-state index contributed by atoms with van der Waals surface area (Å²) in [6, 6.07) is 4.40. The summed E-state index contributed by atoms with van der Waals surface area (Å²) in [5.41, 5.74) is 2.29. The number of aromatic nitrogens is 1. The summed E-state index contributed by atoms with van der Waals surface area (Å²) in [5.74, 6) is 0.320. The van der Waals surface area contributed by atoms with E-state index in [-0.39, 0.29) is 5.91 Å². The van der Waals surface area contributed by atoms with Gasteiger partial charge in [0.1, 0.15) is 12.0 Å². The number of fused-ring (bicyclic) bond motifs is 1. The molecule has 1 aliphatic rings. The zero-order valence-corrected chi connectivity index (χ0v) is 19.9. The molecule has 2 heterocycles. The molecule has 7 heteroatoms. The number of hydrogen-bond donors (Lipinski definition) is 1. The Balaban J connectivity index is 1.65. The standard InChI is InChI=1S/C27H32N2O5/c1-4-5-6-10-25(30)29-15-13-20-11-12-22(17-23(20)26(29)27(31)32)33-16-14-21-18-34-24(28-21)9-7-8-19(2)3/h4-7,9-12,17-19,26H,8,13-16H2,1-3H3,(H,31,32). The molecule has 180 valence electrons. The number of carbonyl (C=O) groups is 2. The van der Waals surface area contributed by atoms with Crippen molar-refractivity contribution in [3.8, 4) is 5.75 Å². The quantitative estimate of drug-likeness (QED) is 0.393. The fourth-order valence-electron chi connectivity index (χ4n) is 3.76. The molecule has 0 saturated carbocycles. The molecule has 7 nitrogen and oxygen atoms in total. The number of carbonyl (C=O) groups excluding carboxylic acids is 1. The highest BCUT2D eigenvalue weighted by atomic mass is 16.5. The largest absolute Gasteiger partial charge is 0.493 e. The van der Waals surface area contributed by atoms with Gasteiger partial charge in [-0.05, 0) is 55.0 Å². The Kier molecular flexibility index (Phi) is 8.85. The minimum absolute atomic E-state index is 0.327. The number of aliphatic carboxylic acids is 1. The van der Waals surface area contributed by atoms with Crippen LogP contribution in [0.1, 0.15) is 55.9 Å². The van der Waals surface area contributed by atoms with Crippen molar-refractivity contribution in [2.75, 3.05) is 13.2 Å². The van der Waals surface area contributed by atoms with Gasteiger partial charge < -0.3 is 19.2 Å². The summed E-state index contributed by atoms with van der Waals surface area (Å²) in [5, 5.41) is 9.89. The van der Waals surface area contributed by atoms with E-state index in [0.717, 1.165) is 17.7 Å². The summed E-state index contributed by atoms with van der Waals surface area (Å²) in [7, 11) is 0. The highest BCUT2D eigenvalue weighted by Crippen LogP contribution is 2.33. The third kappa shape index (κ3) is 6.70. The van der Waals surface area contributed by atoms with E-state index >= 15 is 0 Å². The van der Waals surface area contributed by atoms with Crippen LogP contribution in [0.5, 0.6) is 5.75 Å². The van der Waals surface area contributed by atoms with Crippen molar-refractivity contribution in [3.05, 3.63) is 77.6 Å². The molecule has 0 aliphatic carbocycles. The number of nitrogens with zero attached hydrogens (tertiary/aromatic N) is 2. The molecular formula is C27H32N2O5. The van der Waals surface area contributed by atoms with E-state index in [2.05, 4.69) is 18.8 Å². The average molecular weight is 465 g/mol. The molecule has 1 N–H and O–H groups in total. The minimum Gasteiger partial charge on any atom is -0.493 e. The van der Waals surface area contributed by atoms with Gasteiger partial charge in [-0.25, -0.2) is 9.78 Å².